The number of nitrogens with one attached hydrogen (secondary N) is 1. The van der Waals surface area contributed by atoms with Gasteiger partial charge < -0.3 is 5.32 Å². The normalized spacial score (nSPS) is 18.0. The second-order valence-electron chi connectivity index (χ2n) is 4.51. The van der Waals surface area contributed by atoms with E-state index in [2.05, 4.69) is 10.3 Å². The minimum atomic E-state index is -0.363. The molecule has 1 heterocycles. The first-order valence-corrected chi connectivity index (χ1v) is 7.22. The van der Waals surface area contributed by atoms with Crippen LogP contribution < -0.4 is 5.32 Å². The van der Waals surface area contributed by atoms with Crippen molar-refractivity contribution in [1.29, 1.82) is 0 Å². The molecule has 1 fully saturated rings. The molecule has 1 N–H and O–H groups in total. The number of nitrogens with zero attached hydrogens (tertiary/aromatic N) is 1. The van der Waals surface area contributed by atoms with Gasteiger partial charge in [0.1, 0.15) is 11.6 Å². The highest BCUT2D eigenvalue weighted by Gasteiger charge is 2.23. The van der Waals surface area contributed by atoms with Gasteiger partial charge in [0.15, 0.2) is 5.17 Å². The molecule has 1 aliphatic heterocycles. The van der Waals surface area contributed by atoms with Crippen LogP contribution in [-0.4, -0.2) is 11.1 Å². The van der Waals surface area contributed by atoms with Gasteiger partial charge in [-0.15, -0.1) is 0 Å². The smallest absolute Gasteiger partial charge is 0.264 e. The molecule has 0 unspecified atom stereocenters. The average Bonchev–Trinajstić information content (AvgIpc) is 2.81. The van der Waals surface area contributed by atoms with Crippen molar-refractivity contribution in [3.8, 4) is 0 Å². The van der Waals surface area contributed by atoms with Crippen LogP contribution in [-0.2, 0) is 4.79 Å². The Hall–Kier alpha value is -2.47. The Bertz CT molecular complexity index is 785. The Morgan fingerprint density at radius 3 is 2.55 bits per heavy atom. The van der Waals surface area contributed by atoms with Crippen molar-refractivity contribution >= 4 is 34.6 Å². The van der Waals surface area contributed by atoms with Crippen LogP contribution in [0, 0.1) is 11.6 Å². The van der Waals surface area contributed by atoms with Gasteiger partial charge in [-0.05, 0) is 59.8 Å². The molecule has 1 amide bonds. The predicted molar refractivity (Wildman–Crippen MR) is 83.6 cm³/mol. The van der Waals surface area contributed by atoms with Crippen molar-refractivity contribution in [2.24, 2.45) is 4.99 Å². The van der Waals surface area contributed by atoms with Crippen molar-refractivity contribution in [2.75, 3.05) is 0 Å². The van der Waals surface area contributed by atoms with Crippen molar-refractivity contribution in [3.63, 3.8) is 0 Å². The van der Waals surface area contributed by atoms with Gasteiger partial charge in [-0.25, -0.2) is 13.8 Å². The minimum absolute atomic E-state index is 0.296. The van der Waals surface area contributed by atoms with Crippen molar-refractivity contribution in [1.82, 2.24) is 5.32 Å². The monoisotopic (exact) mass is 316 g/mol. The van der Waals surface area contributed by atoms with Gasteiger partial charge in [-0.3, -0.25) is 4.79 Å². The molecule has 0 aliphatic carbocycles. The second-order valence-corrected chi connectivity index (χ2v) is 5.54. The summed E-state index contributed by atoms with van der Waals surface area (Å²) in [5.41, 5.74) is 1.14. The molecule has 6 heteroatoms. The molecule has 2 aromatic rings. The average molecular weight is 316 g/mol. The summed E-state index contributed by atoms with van der Waals surface area (Å²) in [5, 5.41) is 3.02. The lowest BCUT2D eigenvalue weighted by Crippen LogP contribution is -2.19. The van der Waals surface area contributed by atoms with Crippen LogP contribution in [0.4, 0.5) is 14.5 Å². The van der Waals surface area contributed by atoms with Crippen LogP contribution in [0.2, 0.25) is 0 Å². The van der Waals surface area contributed by atoms with Crippen molar-refractivity contribution in [3.05, 3.63) is 70.6 Å². The number of carbonyl (C=O) groups is 1. The van der Waals surface area contributed by atoms with Crippen LogP contribution in [0.25, 0.3) is 6.08 Å². The summed E-state index contributed by atoms with van der Waals surface area (Å²) in [7, 11) is 0. The number of halogens is 2. The number of amidine groups is 1. The number of hydrogen-bond acceptors (Lipinski definition) is 3. The topological polar surface area (TPSA) is 41.5 Å². The SMILES string of the molecule is O=C1NC(=Nc2ccc(F)cc2)S/C1=C/c1cccc(F)c1. The first kappa shape index (κ1) is 14.5. The lowest BCUT2D eigenvalue weighted by molar-refractivity contribution is -0.115. The van der Waals surface area contributed by atoms with Gasteiger partial charge in [0, 0.05) is 0 Å². The summed E-state index contributed by atoms with van der Waals surface area (Å²) in [6, 6.07) is 11.6. The molecule has 0 saturated carbocycles. The highest BCUT2D eigenvalue weighted by Crippen LogP contribution is 2.28. The molecule has 2 aromatic carbocycles. The van der Waals surface area contributed by atoms with E-state index >= 15 is 0 Å². The molecule has 3 rings (SSSR count). The molecular weight excluding hydrogens is 306 g/mol. The van der Waals surface area contributed by atoms with E-state index in [1.54, 1.807) is 18.2 Å². The fourth-order valence-corrected chi connectivity index (χ4v) is 2.70. The van der Waals surface area contributed by atoms with Gasteiger partial charge in [0.25, 0.3) is 5.91 Å². The van der Waals surface area contributed by atoms with E-state index in [9.17, 15) is 13.6 Å². The molecule has 110 valence electrons. The van der Waals surface area contributed by atoms with E-state index in [1.807, 2.05) is 0 Å². The maximum Gasteiger partial charge on any atom is 0.264 e. The Morgan fingerprint density at radius 2 is 1.82 bits per heavy atom. The van der Waals surface area contributed by atoms with Gasteiger partial charge in [0.2, 0.25) is 0 Å². The van der Waals surface area contributed by atoms with Crippen LogP contribution in [0.3, 0.4) is 0 Å². The fourth-order valence-electron chi connectivity index (χ4n) is 1.86. The highest BCUT2D eigenvalue weighted by molar-refractivity contribution is 8.18. The summed E-state index contributed by atoms with van der Waals surface area (Å²) >= 11 is 1.15. The third-order valence-electron chi connectivity index (χ3n) is 2.85. The number of rotatable bonds is 2. The van der Waals surface area contributed by atoms with E-state index in [0.717, 1.165) is 11.8 Å². The maximum absolute atomic E-state index is 13.1. The zero-order valence-electron chi connectivity index (χ0n) is 11.2. The summed E-state index contributed by atoms with van der Waals surface area (Å²) < 4.78 is 26.0. The van der Waals surface area contributed by atoms with Crippen LogP contribution in [0.15, 0.2) is 58.4 Å². The standard InChI is InChI=1S/C16H10F2N2OS/c17-11-4-6-13(7-5-11)19-16-20-15(21)14(22-16)9-10-2-1-3-12(18)8-10/h1-9H,(H,19,20,21)/b14-9+. The van der Waals surface area contributed by atoms with Crippen molar-refractivity contribution in [2.45, 2.75) is 0 Å². The summed E-state index contributed by atoms with van der Waals surface area (Å²) in [5.74, 6) is -1.01. The van der Waals surface area contributed by atoms with E-state index in [-0.39, 0.29) is 17.5 Å². The number of amides is 1. The van der Waals surface area contributed by atoms with Crippen LogP contribution in [0.5, 0.6) is 0 Å². The summed E-state index contributed by atoms with van der Waals surface area (Å²) in [4.78, 5) is 16.5. The molecule has 0 aromatic heterocycles. The summed E-state index contributed by atoms with van der Waals surface area (Å²) in [6.07, 6.45) is 1.59. The number of carbonyl (C=O) groups excluding carboxylic acids is 1. The molecule has 0 atom stereocenters. The quantitative estimate of drug-likeness (QED) is 0.855. The highest BCUT2D eigenvalue weighted by atomic mass is 32.2. The van der Waals surface area contributed by atoms with E-state index < -0.39 is 0 Å². The molecule has 1 aliphatic rings. The fraction of sp³-hybridized carbons (Fsp3) is 0. The van der Waals surface area contributed by atoms with Crippen LogP contribution >= 0.6 is 11.8 Å². The van der Waals surface area contributed by atoms with Crippen molar-refractivity contribution < 1.29 is 13.6 Å². The predicted octanol–water partition coefficient (Wildman–Crippen LogP) is 3.86. The molecule has 0 radical (unpaired) electrons. The Labute approximate surface area is 129 Å². The second kappa shape index (κ2) is 6.11. The van der Waals surface area contributed by atoms with Gasteiger partial charge in [-0.2, -0.15) is 0 Å². The van der Waals surface area contributed by atoms with E-state index in [1.165, 1.54) is 36.4 Å². The van der Waals surface area contributed by atoms with Crippen LogP contribution in [0.1, 0.15) is 5.56 Å². The largest absolute Gasteiger partial charge is 0.300 e. The van der Waals surface area contributed by atoms with Gasteiger partial charge in [-0.1, -0.05) is 12.1 Å². The zero-order chi connectivity index (χ0) is 15.5. The molecule has 0 spiro atoms. The van der Waals surface area contributed by atoms with E-state index in [0.29, 0.717) is 21.3 Å². The minimum Gasteiger partial charge on any atom is -0.300 e. The lowest BCUT2D eigenvalue weighted by atomic mass is 10.2. The molecule has 0 bridgehead atoms. The number of thioether (sulfide) groups is 1. The maximum atomic E-state index is 13.1. The Balaban J connectivity index is 1.82. The number of benzene rings is 2. The number of hydrogen-bond donors (Lipinski definition) is 1. The van der Waals surface area contributed by atoms with Gasteiger partial charge in [0.05, 0.1) is 10.6 Å². The zero-order valence-corrected chi connectivity index (χ0v) is 12.0. The summed E-state index contributed by atoms with van der Waals surface area (Å²) in [6.45, 7) is 0. The Kier molecular flexibility index (Phi) is 4.02. The lowest BCUT2D eigenvalue weighted by Gasteiger charge is -1.96. The Morgan fingerprint density at radius 1 is 1.05 bits per heavy atom. The van der Waals surface area contributed by atoms with Gasteiger partial charge >= 0.3 is 0 Å². The van der Waals surface area contributed by atoms with E-state index in [4.69, 9.17) is 0 Å². The molecular formula is C16H10F2N2OS. The molecule has 22 heavy (non-hydrogen) atoms. The number of aliphatic imine (C=N–C) groups is 1. The first-order valence-electron chi connectivity index (χ1n) is 6.41. The first-order chi connectivity index (χ1) is 10.6. The molecule has 1 saturated heterocycles. The third kappa shape index (κ3) is 3.40. The third-order valence-corrected chi connectivity index (χ3v) is 3.76. The molecule has 3 nitrogen and oxygen atoms in total.